The first-order valence-corrected chi connectivity index (χ1v) is 4.96. The van der Waals surface area contributed by atoms with E-state index in [0.717, 1.165) is 18.2 Å². The summed E-state index contributed by atoms with van der Waals surface area (Å²) >= 11 is 0. The van der Waals surface area contributed by atoms with Crippen LogP contribution in [0.4, 0.5) is 0 Å². The van der Waals surface area contributed by atoms with Gasteiger partial charge in [-0.2, -0.15) is 5.10 Å². The molecule has 1 fully saturated rings. The second-order valence-corrected chi connectivity index (χ2v) is 3.65. The monoisotopic (exact) mass is 180 g/mol. The van der Waals surface area contributed by atoms with Crippen molar-refractivity contribution < 1.29 is 0 Å². The van der Waals surface area contributed by atoms with E-state index in [-0.39, 0.29) is 0 Å². The zero-order chi connectivity index (χ0) is 9.10. The van der Waals surface area contributed by atoms with Crippen LogP contribution in [0.25, 0.3) is 0 Å². The first-order chi connectivity index (χ1) is 6.40. The fourth-order valence-electron chi connectivity index (χ4n) is 1.92. The van der Waals surface area contributed by atoms with Gasteiger partial charge in [0.05, 0.1) is 6.54 Å². The Morgan fingerprint density at radius 3 is 2.92 bits per heavy atom. The van der Waals surface area contributed by atoms with Crippen LogP contribution in [-0.4, -0.2) is 22.2 Å². The molecule has 1 saturated carbocycles. The predicted molar refractivity (Wildman–Crippen MR) is 50.4 cm³/mol. The van der Waals surface area contributed by atoms with E-state index < -0.39 is 0 Å². The number of hydrogen-bond acceptors (Lipinski definition) is 3. The lowest BCUT2D eigenvalue weighted by atomic mass is 10.1. The highest BCUT2D eigenvalue weighted by atomic mass is 15.2. The Hall–Kier alpha value is -0.900. The van der Waals surface area contributed by atoms with Gasteiger partial charge in [0.15, 0.2) is 5.82 Å². The number of aromatic amines is 1. The van der Waals surface area contributed by atoms with E-state index in [1.54, 1.807) is 0 Å². The average Bonchev–Trinajstić information content (AvgIpc) is 2.70. The van der Waals surface area contributed by atoms with Gasteiger partial charge in [0.1, 0.15) is 5.82 Å². The fraction of sp³-hybridized carbons (Fsp3) is 0.778. The van der Waals surface area contributed by atoms with Crippen LogP contribution in [0.2, 0.25) is 0 Å². The summed E-state index contributed by atoms with van der Waals surface area (Å²) in [7, 11) is 1.91. The van der Waals surface area contributed by atoms with Crippen molar-refractivity contribution in [2.75, 3.05) is 7.05 Å². The lowest BCUT2D eigenvalue weighted by molar-refractivity contribution is 0.670. The zero-order valence-corrected chi connectivity index (χ0v) is 8.01. The SMILES string of the molecule is CNCc1nc(C2CCCC2)n[nH]1. The number of nitrogens with one attached hydrogen (secondary N) is 2. The van der Waals surface area contributed by atoms with Crippen molar-refractivity contribution in [3.05, 3.63) is 11.6 Å². The molecule has 0 saturated heterocycles. The Morgan fingerprint density at radius 1 is 1.46 bits per heavy atom. The molecule has 4 heteroatoms. The summed E-state index contributed by atoms with van der Waals surface area (Å²) in [6.45, 7) is 0.778. The van der Waals surface area contributed by atoms with Gasteiger partial charge < -0.3 is 5.32 Å². The van der Waals surface area contributed by atoms with Crippen molar-refractivity contribution in [3.8, 4) is 0 Å². The molecule has 1 aromatic rings. The fourth-order valence-corrected chi connectivity index (χ4v) is 1.92. The maximum absolute atomic E-state index is 4.45. The molecular formula is C9H16N4. The zero-order valence-electron chi connectivity index (χ0n) is 8.01. The highest BCUT2D eigenvalue weighted by molar-refractivity contribution is 4.99. The van der Waals surface area contributed by atoms with E-state index in [1.165, 1.54) is 25.7 Å². The van der Waals surface area contributed by atoms with Crippen molar-refractivity contribution in [1.82, 2.24) is 20.5 Å². The van der Waals surface area contributed by atoms with Gasteiger partial charge in [-0.1, -0.05) is 12.8 Å². The van der Waals surface area contributed by atoms with Crippen LogP contribution < -0.4 is 5.32 Å². The summed E-state index contributed by atoms with van der Waals surface area (Å²) in [5.74, 6) is 2.58. The van der Waals surface area contributed by atoms with Crippen LogP contribution in [0.15, 0.2) is 0 Å². The number of nitrogens with zero attached hydrogens (tertiary/aromatic N) is 2. The maximum Gasteiger partial charge on any atom is 0.153 e. The van der Waals surface area contributed by atoms with Crippen molar-refractivity contribution in [3.63, 3.8) is 0 Å². The molecule has 1 aromatic heterocycles. The third kappa shape index (κ3) is 1.88. The minimum Gasteiger partial charge on any atom is -0.313 e. The van der Waals surface area contributed by atoms with Gasteiger partial charge in [-0.05, 0) is 19.9 Å². The van der Waals surface area contributed by atoms with Gasteiger partial charge in [0, 0.05) is 5.92 Å². The Labute approximate surface area is 78.1 Å². The summed E-state index contributed by atoms with van der Waals surface area (Å²) in [5, 5.41) is 10.3. The van der Waals surface area contributed by atoms with Crippen LogP contribution in [0.3, 0.4) is 0 Å². The predicted octanol–water partition coefficient (Wildman–Crippen LogP) is 1.18. The van der Waals surface area contributed by atoms with Gasteiger partial charge in [0.25, 0.3) is 0 Å². The molecule has 72 valence electrons. The van der Waals surface area contributed by atoms with Gasteiger partial charge in [-0.15, -0.1) is 0 Å². The first-order valence-electron chi connectivity index (χ1n) is 4.96. The molecule has 0 amide bonds. The second kappa shape index (κ2) is 3.87. The number of rotatable bonds is 3. The van der Waals surface area contributed by atoms with Crippen molar-refractivity contribution in [2.45, 2.75) is 38.1 Å². The van der Waals surface area contributed by atoms with Gasteiger partial charge in [-0.25, -0.2) is 4.98 Å². The molecule has 1 heterocycles. The molecule has 0 aliphatic heterocycles. The number of hydrogen-bond donors (Lipinski definition) is 2. The lowest BCUT2D eigenvalue weighted by Gasteiger charge is -2.00. The summed E-state index contributed by atoms with van der Waals surface area (Å²) < 4.78 is 0. The molecule has 0 aromatic carbocycles. The Kier molecular flexibility index (Phi) is 2.59. The molecular weight excluding hydrogens is 164 g/mol. The summed E-state index contributed by atoms with van der Waals surface area (Å²) in [4.78, 5) is 4.45. The third-order valence-electron chi connectivity index (χ3n) is 2.61. The molecule has 1 aliphatic rings. The molecule has 4 nitrogen and oxygen atoms in total. The molecule has 2 rings (SSSR count). The number of H-pyrrole nitrogens is 1. The highest BCUT2D eigenvalue weighted by Crippen LogP contribution is 2.31. The van der Waals surface area contributed by atoms with Gasteiger partial charge in [0.2, 0.25) is 0 Å². The number of aromatic nitrogens is 3. The van der Waals surface area contributed by atoms with Crippen molar-refractivity contribution in [2.24, 2.45) is 0 Å². The molecule has 0 spiro atoms. The van der Waals surface area contributed by atoms with E-state index in [0.29, 0.717) is 5.92 Å². The van der Waals surface area contributed by atoms with Gasteiger partial charge >= 0.3 is 0 Å². The smallest absolute Gasteiger partial charge is 0.153 e. The van der Waals surface area contributed by atoms with Gasteiger partial charge in [-0.3, -0.25) is 5.10 Å². The van der Waals surface area contributed by atoms with E-state index in [1.807, 2.05) is 7.05 Å². The molecule has 0 atom stereocenters. The van der Waals surface area contributed by atoms with Crippen molar-refractivity contribution >= 4 is 0 Å². The summed E-state index contributed by atoms with van der Waals surface area (Å²) in [6, 6.07) is 0. The highest BCUT2D eigenvalue weighted by Gasteiger charge is 2.20. The van der Waals surface area contributed by atoms with E-state index >= 15 is 0 Å². The minimum absolute atomic E-state index is 0.613. The van der Waals surface area contributed by atoms with Crippen LogP contribution in [-0.2, 0) is 6.54 Å². The van der Waals surface area contributed by atoms with Crippen LogP contribution in [0, 0.1) is 0 Å². The first kappa shape index (κ1) is 8.69. The van der Waals surface area contributed by atoms with E-state index in [2.05, 4.69) is 20.5 Å². The maximum atomic E-state index is 4.45. The Bertz CT molecular complexity index is 262. The van der Waals surface area contributed by atoms with Crippen LogP contribution >= 0.6 is 0 Å². The van der Waals surface area contributed by atoms with E-state index in [9.17, 15) is 0 Å². The van der Waals surface area contributed by atoms with Crippen LogP contribution in [0.1, 0.15) is 43.3 Å². The second-order valence-electron chi connectivity index (χ2n) is 3.65. The third-order valence-corrected chi connectivity index (χ3v) is 2.61. The van der Waals surface area contributed by atoms with Crippen molar-refractivity contribution in [1.29, 1.82) is 0 Å². The summed E-state index contributed by atoms with van der Waals surface area (Å²) in [6.07, 6.45) is 5.19. The normalized spacial score (nSPS) is 18.2. The molecule has 0 bridgehead atoms. The minimum atomic E-state index is 0.613. The Morgan fingerprint density at radius 2 is 2.23 bits per heavy atom. The molecule has 13 heavy (non-hydrogen) atoms. The quantitative estimate of drug-likeness (QED) is 0.734. The molecule has 1 aliphatic carbocycles. The average molecular weight is 180 g/mol. The Balaban J connectivity index is 2.03. The molecule has 2 N–H and O–H groups in total. The summed E-state index contributed by atoms with van der Waals surface area (Å²) in [5.41, 5.74) is 0. The molecule has 0 radical (unpaired) electrons. The van der Waals surface area contributed by atoms with Crippen LogP contribution in [0.5, 0.6) is 0 Å². The molecule has 0 unspecified atom stereocenters. The lowest BCUT2D eigenvalue weighted by Crippen LogP contribution is -2.06. The topological polar surface area (TPSA) is 53.6 Å². The van der Waals surface area contributed by atoms with E-state index in [4.69, 9.17) is 0 Å². The standard InChI is InChI=1S/C9H16N4/c1-10-6-8-11-9(13-12-8)7-4-2-3-5-7/h7,10H,2-6H2,1H3,(H,11,12,13). The largest absolute Gasteiger partial charge is 0.313 e.